The summed E-state index contributed by atoms with van der Waals surface area (Å²) >= 11 is 1.17. The molecule has 1 aromatic rings. The smallest absolute Gasteiger partial charge is 0.324 e. The molecule has 0 saturated heterocycles. The second-order valence-electron chi connectivity index (χ2n) is 2.98. The summed E-state index contributed by atoms with van der Waals surface area (Å²) in [7, 11) is 0. The van der Waals surface area contributed by atoms with Crippen LogP contribution in [0.2, 0.25) is 0 Å². The molecule has 1 aliphatic rings. The van der Waals surface area contributed by atoms with Gasteiger partial charge in [-0.3, -0.25) is 10.1 Å². The van der Waals surface area contributed by atoms with E-state index in [0.717, 1.165) is 12.0 Å². The van der Waals surface area contributed by atoms with Crippen molar-refractivity contribution in [3.05, 3.63) is 27.1 Å². The van der Waals surface area contributed by atoms with E-state index in [1.165, 1.54) is 11.3 Å². The van der Waals surface area contributed by atoms with Gasteiger partial charge in [0.15, 0.2) is 0 Å². The van der Waals surface area contributed by atoms with Gasteiger partial charge in [0.25, 0.3) is 0 Å². The summed E-state index contributed by atoms with van der Waals surface area (Å²) in [5, 5.41) is 12.4. The van der Waals surface area contributed by atoms with Crippen LogP contribution in [0, 0.1) is 10.1 Å². The first-order chi connectivity index (χ1) is 5.68. The number of nitrogens with two attached hydrogens (primary N) is 1. The van der Waals surface area contributed by atoms with Crippen molar-refractivity contribution in [2.75, 3.05) is 0 Å². The standard InChI is InChI=1S/C7H8N2O2S/c8-6-2-5(6)4-1-7(9(10)11)12-3-4/h1,3,5-6H,2,8H2. The van der Waals surface area contributed by atoms with Crippen molar-refractivity contribution >= 4 is 16.3 Å². The minimum Gasteiger partial charge on any atom is -0.327 e. The Balaban J connectivity index is 2.19. The molecule has 0 spiro atoms. The first-order valence-electron chi connectivity index (χ1n) is 3.67. The van der Waals surface area contributed by atoms with Crippen LogP contribution in [0.4, 0.5) is 5.00 Å². The average molecular weight is 184 g/mol. The Bertz CT molecular complexity index is 323. The maximum Gasteiger partial charge on any atom is 0.324 e. The predicted molar refractivity (Wildman–Crippen MR) is 46.3 cm³/mol. The van der Waals surface area contributed by atoms with Gasteiger partial charge in [0, 0.05) is 23.4 Å². The highest BCUT2D eigenvalue weighted by Gasteiger charge is 2.36. The molecule has 12 heavy (non-hydrogen) atoms. The topological polar surface area (TPSA) is 69.2 Å². The van der Waals surface area contributed by atoms with Crippen molar-refractivity contribution in [1.29, 1.82) is 0 Å². The largest absolute Gasteiger partial charge is 0.327 e. The van der Waals surface area contributed by atoms with E-state index in [4.69, 9.17) is 5.73 Å². The minimum absolute atomic E-state index is 0.212. The van der Waals surface area contributed by atoms with Gasteiger partial charge in [0.2, 0.25) is 0 Å². The van der Waals surface area contributed by atoms with Gasteiger partial charge in [0.05, 0.1) is 4.92 Å². The summed E-state index contributed by atoms with van der Waals surface area (Å²) in [6, 6.07) is 1.85. The lowest BCUT2D eigenvalue weighted by Gasteiger charge is -1.86. The van der Waals surface area contributed by atoms with Gasteiger partial charge >= 0.3 is 5.00 Å². The number of nitrogens with zero attached hydrogens (tertiary/aromatic N) is 1. The first-order valence-corrected chi connectivity index (χ1v) is 4.55. The van der Waals surface area contributed by atoms with Crippen LogP contribution in [0.5, 0.6) is 0 Å². The van der Waals surface area contributed by atoms with Crippen molar-refractivity contribution in [2.24, 2.45) is 5.73 Å². The molecule has 1 fully saturated rings. The van der Waals surface area contributed by atoms with E-state index in [0.29, 0.717) is 5.92 Å². The maximum atomic E-state index is 10.3. The molecule has 1 heterocycles. The molecule has 0 amide bonds. The van der Waals surface area contributed by atoms with Gasteiger partial charge in [-0.05, 0) is 12.0 Å². The second kappa shape index (κ2) is 2.53. The van der Waals surface area contributed by atoms with Crippen molar-refractivity contribution in [1.82, 2.24) is 0 Å². The molecule has 2 N–H and O–H groups in total. The van der Waals surface area contributed by atoms with E-state index in [1.54, 1.807) is 6.07 Å². The maximum absolute atomic E-state index is 10.3. The summed E-state index contributed by atoms with van der Waals surface area (Å²) in [5.74, 6) is 0.370. The lowest BCUT2D eigenvalue weighted by atomic mass is 10.2. The molecule has 0 radical (unpaired) electrons. The Kier molecular flexibility index (Phi) is 1.62. The fourth-order valence-electron chi connectivity index (χ4n) is 1.23. The van der Waals surface area contributed by atoms with Crippen LogP contribution in [0.1, 0.15) is 17.9 Å². The Morgan fingerprint density at radius 1 is 1.75 bits per heavy atom. The number of nitro groups is 1. The summed E-state index contributed by atoms with van der Waals surface area (Å²) in [4.78, 5) is 9.96. The first kappa shape index (κ1) is 7.70. The number of hydrogen-bond acceptors (Lipinski definition) is 4. The molecule has 2 unspecified atom stereocenters. The zero-order valence-corrected chi connectivity index (χ0v) is 7.08. The normalized spacial score (nSPS) is 27.1. The van der Waals surface area contributed by atoms with Crippen LogP contribution in [0.25, 0.3) is 0 Å². The predicted octanol–water partition coefficient (Wildman–Crippen LogP) is 1.47. The summed E-state index contributed by atoms with van der Waals surface area (Å²) < 4.78 is 0. The number of thiophene rings is 1. The van der Waals surface area contributed by atoms with E-state index in [2.05, 4.69) is 0 Å². The summed E-state index contributed by atoms with van der Waals surface area (Å²) in [5.41, 5.74) is 6.65. The molecule has 5 heteroatoms. The van der Waals surface area contributed by atoms with Gasteiger partial charge < -0.3 is 5.73 Å². The highest BCUT2D eigenvalue weighted by Crippen LogP contribution is 2.42. The van der Waals surface area contributed by atoms with Gasteiger partial charge in [-0.25, -0.2) is 0 Å². The minimum atomic E-state index is -0.359. The number of hydrogen-bond donors (Lipinski definition) is 1. The average Bonchev–Trinajstić information content (AvgIpc) is 2.59. The fourth-order valence-corrected chi connectivity index (χ4v) is 2.02. The van der Waals surface area contributed by atoms with E-state index in [-0.39, 0.29) is 16.0 Å². The van der Waals surface area contributed by atoms with Gasteiger partial charge in [-0.15, -0.1) is 0 Å². The molecule has 0 aliphatic heterocycles. The third-order valence-electron chi connectivity index (χ3n) is 2.05. The Morgan fingerprint density at radius 2 is 2.42 bits per heavy atom. The summed E-state index contributed by atoms with van der Waals surface area (Å²) in [6.45, 7) is 0. The van der Waals surface area contributed by atoms with Crippen molar-refractivity contribution in [2.45, 2.75) is 18.4 Å². The lowest BCUT2D eigenvalue weighted by molar-refractivity contribution is -0.380. The van der Waals surface area contributed by atoms with Crippen LogP contribution in [-0.4, -0.2) is 11.0 Å². The summed E-state index contributed by atoms with van der Waals surface area (Å²) in [6.07, 6.45) is 0.966. The zero-order valence-electron chi connectivity index (χ0n) is 6.27. The molecular weight excluding hydrogens is 176 g/mol. The number of rotatable bonds is 2. The molecule has 2 rings (SSSR count). The van der Waals surface area contributed by atoms with Crippen molar-refractivity contribution in [3.63, 3.8) is 0 Å². The van der Waals surface area contributed by atoms with Crippen LogP contribution in [-0.2, 0) is 0 Å². The SMILES string of the molecule is NC1CC1c1csc([N+](=O)[O-])c1. The quantitative estimate of drug-likeness (QED) is 0.559. The molecular formula is C7H8N2O2S. The third kappa shape index (κ3) is 1.21. The Labute approximate surface area is 73.2 Å². The van der Waals surface area contributed by atoms with E-state index in [1.807, 2.05) is 5.38 Å². The van der Waals surface area contributed by atoms with Gasteiger partial charge in [-0.2, -0.15) is 0 Å². The van der Waals surface area contributed by atoms with Gasteiger partial charge in [-0.1, -0.05) is 11.3 Å². The van der Waals surface area contributed by atoms with E-state index >= 15 is 0 Å². The molecule has 0 aromatic carbocycles. The highest BCUT2D eigenvalue weighted by molar-refractivity contribution is 7.13. The molecule has 4 nitrogen and oxygen atoms in total. The zero-order chi connectivity index (χ0) is 8.72. The molecule has 1 aliphatic carbocycles. The Hall–Kier alpha value is -0.940. The van der Waals surface area contributed by atoms with E-state index < -0.39 is 0 Å². The molecule has 64 valence electrons. The van der Waals surface area contributed by atoms with Crippen molar-refractivity contribution in [3.8, 4) is 0 Å². The molecule has 1 aromatic heterocycles. The Morgan fingerprint density at radius 3 is 2.83 bits per heavy atom. The third-order valence-corrected chi connectivity index (χ3v) is 2.95. The molecule has 2 atom stereocenters. The molecule has 1 saturated carbocycles. The highest BCUT2D eigenvalue weighted by atomic mass is 32.1. The van der Waals surface area contributed by atoms with Crippen LogP contribution in [0.15, 0.2) is 11.4 Å². The van der Waals surface area contributed by atoms with Gasteiger partial charge in [0.1, 0.15) is 0 Å². The van der Waals surface area contributed by atoms with E-state index in [9.17, 15) is 10.1 Å². The fraction of sp³-hybridized carbons (Fsp3) is 0.429. The van der Waals surface area contributed by atoms with Crippen LogP contribution in [0.3, 0.4) is 0 Å². The van der Waals surface area contributed by atoms with Crippen molar-refractivity contribution < 1.29 is 4.92 Å². The molecule has 0 bridgehead atoms. The lowest BCUT2D eigenvalue weighted by Crippen LogP contribution is -2.00. The monoisotopic (exact) mass is 184 g/mol. The van der Waals surface area contributed by atoms with Crippen LogP contribution < -0.4 is 5.73 Å². The second-order valence-corrected chi connectivity index (χ2v) is 3.87. The van der Waals surface area contributed by atoms with Crippen LogP contribution >= 0.6 is 11.3 Å².